The Morgan fingerprint density at radius 1 is 1.56 bits per heavy atom. The van der Waals surface area contributed by atoms with Crippen molar-refractivity contribution in [2.45, 2.75) is 12.5 Å². The van der Waals surface area contributed by atoms with E-state index in [2.05, 4.69) is 4.74 Å². The second kappa shape index (κ2) is 4.65. The molecule has 0 saturated carbocycles. The molecule has 1 atom stereocenters. The van der Waals surface area contributed by atoms with Crippen molar-refractivity contribution >= 4 is 18.0 Å². The highest BCUT2D eigenvalue weighted by Gasteiger charge is 2.29. The minimum Gasteiger partial charge on any atom is -0.465 e. The first kappa shape index (κ1) is 10.5. The van der Waals surface area contributed by atoms with Crippen LogP contribution in [0.4, 0.5) is 0 Å². The molecule has 1 saturated heterocycles. The highest BCUT2D eigenvalue weighted by atomic mass is 16.6. The topological polar surface area (TPSA) is 65.7 Å². The van der Waals surface area contributed by atoms with E-state index in [0.717, 1.165) is 0 Å². The quantitative estimate of drug-likeness (QED) is 0.567. The molecule has 84 valence electrons. The molecule has 2 heterocycles. The molecule has 5 nitrogen and oxygen atoms in total. The number of hydrogen-bond acceptors (Lipinski definition) is 5. The molecule has 16 heavy (non-hydrogen) atoms. The van der Waals surface area contributed by atoms with E-state index in [-0.39, 0.29) is 0 Å². The van der Waals surface area contributed by atoms with Gasteiger partial charge in [0.1, 0.15) is 5.76 Å². The van der Waals surface area contributed by atoms with Crippen molar-refractivity contribution in [2.75, 3.05) is 6.61 Å². The molecule has 2 rings (SSSR count). The number of carbonyl (C=O) groups excluding carboxylic acids is 2. The van der Waals surface area contributed by atoms with E-state index < -0.39 is 18.0 Å². The van der Waals surface area contributed by atoms with Crippen LogP contribution in [-0.2, 0) is 19.1 Å². The number of hydrogen-bond donors (Lipinski definition) is 0. The highest BCUT2D eigenvalue weighted by molar-refractivity contribution is 5.89. The lowest BCUT2D eigenvalue weighted by Crippen LogP contribution is -2.21. The van der Waals surface area contributed by atoms with E-state index in [0.29, 0.717) is 18.8 Å². The van der Waals surface area contributed by atoms with Gasteiger partial charge < -0.3 is 13.9 Å². The van der Waals surface area contributed by atoms with E-state index in [9.17, 15) is 9.59 Å². The monoisotopic (exact) mass is 222 g/mol. The molecule has 0 aromatic carbocycles. The Bertz CT molecular complexity index is 404. The zero-order chi connectivity index (χ0) is 11.4. The van der Waals surface area contributed by atoms with Crippen molar-refractivity contribution in [1.29, 1.82) is 0 Å². The first-order chi connectivity index (χ1) is 7.75. The van der Waals surface area contributed by atoms with Crippen molar-refractivity contribution in [2.24, 2.45) is 0 Å². The van der Waals surface area contributed by atoms with Crippen LogP contribution in [-0.4, -0.2) is 24.6 Å². The maximum absolute atomic E-state index is 11.3. The fraction of sp³-hybridized carbons (Fsp3) is 0.273. The third-order valence-corrected chi connectivity index (χ3v) is 2.07. The molecule has 1 fully saturated rings. The maximum atomic E-state index is 11.3. The molecule has 0 spiro atoms. The first-order valence-corrected chi connectivity index (χ1v) is 4.84. The van der Waals surface area contributed by atoms with Gasteiger partial charge in [-0.1, -0.05) is 0 Å². The van der Waals surface area contributed by atoms with E-state index in [1.165, 1.54) is 18.4 Å². The van der Waals surface area contributed by atoms with Crippen LogP contribution in [0.1, 0.15) is 12.2 Å². The summed E-state index contributed by atoms with van der Waals surface area (Å²) >= 11 is 0. The van der Waals surface area contributed by atoms with Gasteiger partial charge in [0.05, 0.1) is 12.9 Å². The summed E-state index contributed by atoms with van der Waals surface area (Å²) in [7, 11) is 0. The van der Waals surface area contributed by atoms with E-state index in [4.69, 9.17) is 9.15 Å². The van der Waals surface area contributed by atoms with Gasteiger partial charge in [0.25, 0.3) is 0 Å². The maximum Gasteiger partial charge on any atom is 0.347 e. The Labute approximate surface area is 91.6 Å². The molecule has 0 N–H and O–H groups in total. The first-order valence-electron chi connectivity index (χ1n) is 4.84. The van der Waals surface area contributed by atoms with Crippen LogP contribution in [0.25, 0.3) is 6.08 Å². The fourth-order valence-electron chi connectivity index (χ4n) is 1.30. The van der Waals surface area contributed by atoms with Crippen LogP contribution in [0.15, 0.2) is 28.9 Å². The SMILES string of the molecule is O=C(/C=C/c1ccco1)O[C@H]1CCOC1=O. The molecular weight excluding hydrogens is 212 g/mol. The van der Waals surface area contributed by atoms with Crippen LogP contribution >= 0.6 is 0 Å². The largest absolute Gasteiger partial charge is 0.465 e. The summed E-state index contributed by atoms with van der Waals surface area (Å²) in [4.78, 5) is 22.3. The molecule has 1 aliphatic heterocycles. The van der Waals surface area contributed by atoms with Gasteiger partial charge in [0, 0.05) is 12.5 Å². The van der Waals surface area contributed by atoms with Crippen LogP contribution in [0.3, 0.4) is 0 Å². The lowest BCUT2D eigenvalue weighted by atomic mass is 10.3. The average Bonchev–Trinajstić information content (AvgIpc) is 2.88. The average molecular weight is 222 g/mol. The minimum atomic E-state index is -0.770. The molecule has 1 aromatic rings. The second-order valence-electron chi connectivity index (χ2n) is 3.23. The molecule has 0 bridgehead atoms. The number of ether oxygens (including phenoxy) is 2. The third-order valence-electron chi connectivity index (χ3n) is 2.07. The molecule has 0 radical (unpaired) electrons. The molecular formula is C11H10O5. The van der Waals surface area contributed by atoms with Gasteiger partial charge in [0.2, 0.25) is 6.10 Å². The molecule has 0 amide bonds. The van der Waals surface area contributed by atoms with Crippen molar-refractivity contribution < 1.29 is 23.5 Å². The Morgan fingerprint density at radius 2 is 2.44 bits per heavy atom. The summed E-state index contributed by atoms with van der Waals surface area (Å²) in [5, 5.41) is 0. The number of rotatable bonds is 3. The zero-order valence-corrected chi connectivity index (χ0v) is 8.42. The van der Waals surface area contributed by atoms with Gasteiger partial charge in [-0.2, -0.15) is 0 Å². The summed E-state index contributed by atoms with van der Waals surface area (Å²) in [5.74, 6) is -0.522. The predicted molar refractivity (Wildman–Crippen MR) is 53.2 cm³/mol. The van der Waals surface area contributed by atoms with E-state index in [1.54, 1.807) is 12.1 Å². The Morgan fingerprint density at radius 3 is 3.06 bits per heavy atom. The van der Waals surface area contributed by atoms with Gasteiger partial charge in [-0.15, -0.1) is 0 Å². The van der Waals surface area contributed by atoms with Crippen molar-refractivity contribution in [3.63, 3.8) is 0 Å². The lowest BCUT2D eigenvalue weighted by molar-refractivity contribution is -0.156. The molecule has 5 heteroatoms. The fourth-order valence-corrected chi connectivity index (χ4v) is 1.30. The molecule has 0 unspecified atom stereocenters. The van der Waals surface area contributed by atoms with Gasteiger partial charge in [-0.3, -0.25) is 0 Å². The summed E-state index contributed by atoms with van der Waals surface area (Å²) in [6, 6.07) is 3.41. The number of carbonyl (C=O) groups is 2. The van der Waals surface area contributed by atoms with Gasteiger partial charge >= 0.3 is 11.9 Å². The minimum absolute atomic E-state index is 0.304. The summed E-state index contributed by atoms with van der Waals surface area (Å²) in [6.07, 6.45) is 3.83. The zero-order valence-electron chi connectivity index (χ0n) is 8.42. The molecule has 1 aliphatic rings. The predicted octanol–water partition coefficient (Wildman–Crippen LogP) is 1.15. The van der Waals surface area contributed by atoms with Crippen LogP contribution in [0, 0.1) is 0 Å². The van der Waals surface area contributed by atoms with Crippen molar-refractivity contribution in [3.8, 4) is 0 Å². The molecule has 1 aromatic heterocycles. The number of esters is 2. The lowest BCUT2D eigenvalue weighted by Gasteiger charge is -2.04. The van der Waals surface area contributed by atoms with Gasteiger partial charge in [-0.05, 0) is 18.2 Å². The summed E-state index contributed by atoms with van der Waals surface area (Å²) < 4.78 is 14.5. The van der Waals surface area contributed by atoms with Crippen LogP contribution in [0.5, 0.6) is 0 Å². The second-order valence-corrected chi connectivity index (χ2v) is 3.23. The molecule has 0 aliphatic carbocycles. The smallest absolute Gasteiger partial charge is 0.347 e. The Balaban J connectivity index is 1.87. The van der Waals surface area contributed by atoms with E-state index >= 15 is 0 Å². The third kappa shape index (κ3) is 2.50. The number of cyclic esters (lactones) is 1. The van der Waals surface area contributed by atoms with Crippen LogP contribution < -0.4 is 0 Å². The number of furan rings is 1. The van der Waals surface area contributed by atoms with Gasteiger partial charge in [0.15, 0.2) is 0 Å². The Kier molecular flexibility index (Phi) is 3.05. The Hall–Kier alpha value is -2.04. The van der Waals surface area contributed by atoms with Crippen LogP contribution in [0.2, 0.25) is 0 Å². The van der Waals surface area contributed by atoms with E-state index in [1.807, 2.05) is 0 Å². The van der Waals surface area contributed by atoms with Gasteiger partial charge in [-0.25, -0.2) is 9.59 Å². The summed E-state index contributed by atoms with van der Waals surface area (Å²) in [5.41, 5.74) is 0. The van der Waals surface area contributed by atoms with Crippen molar-refractivity contribution in [1.82, 2.24) is 0 Å². The standard InChI is InChI=1S/C11H10O5/c12-10(4-3-8-2-1-6-14-8)16-9-5-7-15-11(9)13/h1-4,6,9H,5,7H2/b4-3+/t9-/m0/s1. The normalized spacial score (nSPS) is 20.0. The summed E-state index contributed by atoms with van der Waals surface area (Å²) in [6.45, 7) is 0.304. The highest BCUT2D eigenvalue weighted by Crippen LogP contribution is 2.11. The van der Waals surface area contributed by atoms with Crippen molar-refractivity contribution in [3.05, 3.63) is 30.2 Å².